The Morgan fingerprint density at radius 2 is 1.75 bits per heavy atom. The second kappa shape index (κ2) is 11.1. The summed E-state index contributed by atoms with van der Waals surface area (Å²) in [7, 11) is 1.58. The van der Waals surface area contributed by atoms with Gasteiger partial charge in [0.2, 0.25) is 0 Å². The molecule has 0 spiro atoms. The van der Waals surface area contributed by atoms with Crippen LogP contribution < -0.4 is 20.3 Å². The summed E-state index contributed by atoms with van der Waals surface area (Å²) in [6, 6.07) is 21.6. The molecule has 164 valence electrons. The van der Waals surface area contributed by atoms with E-state index < -0.39 is 0 Å². The van der Waals surface area contributed by atoms with Crippen LogP contribution in [0.25, 0.3) is 0 Å². The number of nitrogens with zero attached hydrogens (tertiary/aromatic N) is 1. The molecular weight excluding hydrogens is 537 g/mol. The van der Waals surface area contributed by atoms with Crippen LogP contribution in [0, 0.1) is 3.57 Å². The van der Waals surface area contributed by atoms with Gasteiger partial charge >= 0.3 is 0 Å². The van der Waals surface area contributed by atoms with Gasteiger partial charge in [0.25, 0.3) is 11.8 Å². The van der Waals surface area contributed by atoms with Crippen LogP contribution in [0.5, 0.6) is 5.75 Å². The molecule has 0 unspecified atom stereocenters. The maximum absolute atomic E-state index is 13.0. The summed E-state index contributed by atoms with van der Waals surface area (Å²) in [5, 5.41) is 5.77. The Bertz CT molecular complexity index is 1140. The molecule has 0 heterocycles. The zero-order chi connectivity index (χ0) is 23.1. The summed E-state index contributed by atoms with van der Waals surface area (Å²) < 4.78 is 6.04. The standard InChI is InChI=1S/C24H22IN3O3S/c1-3-28(19-10-5-4-6-11-19)23(30)17-8-7-9-18(14-17)26-24(32)27-22(29)16-12-13-21(31-2)20(25)15-16/h4-15H,3H2,1-2H3,(H2,26,27,29,32). The van der Waals surface area contributed by atoms with Crippen molar-refractivity contribution in [1.82, 2.24) is 5.32 Å². The molecule has 0 saturated carbocycles. The van der Waals surface area contributed by atoms with Crippen molar-refractivity contribution in [2.45, 2.75) is 6.92 Å². The predicted molar refractivity (Wildman–Crippen MR) is 140 cm³/mol. The Morgan fingerprint density at radius 1 is 1.00 bits per heavy atom. The van der Waals surface area contributed by atoms with Crippen LogP contribution in [-0.4, -0.2) is 30.6 Å². The van der Waals surface area contributed by atoms with E-state index in [0.717, 1.165) is 9.26 Å². The van der Waals surface area contributed by atoms with E-state index in [-0.39, 0.29) is 16.9 Å². The first kappa shape index (κ1) is 23.7. The minimum Gasteiger partial charge on any atom is -0.496 e. The third kappa shape index (κ3) is 5.83. The highest BCUT2D eigenvalue weighted by Gasteiger charge is 2.17. The van der Waals surface area contributed by atoms with Crippen molar-refractivity contribution in [3.63, 3.8) is 0 Å². The van der Waals surface area contributed by atoms with Crippen LogP contribution >= 0.6 is 34.8 Å². The predicted octanol–water partition coefficient (Wildman–Crippen LogP) is 5.09. The molecule has 0 atom stereocenters. The number of benzene rings is 3. The number of halogens is 1. The highest BCUT2D eigenvalue weighted by molar-refractivity contribution is 14.1. The Morgan fingerprint density at radius 3 is 2.41 bits per heavy atom. The first-order valence-corrected chi connectivity index (χ1v) is 11.3. The van der Waals surface area contributed by atoms with Gasteiger partial charge in [0.15, 0.2) is 5.11 Å². The maximum Gasteiger partial charge on any atom is 0.258 e. The van der Waals surface area contributed by atoms with Crippen molar-refractivity contribution in [3.8, 4) is 5.75 Å². The fourth-order valence-electron chi connectivity index (χ4n) is 3.08. The molecule has 2 N–H and O–H groups in total. The number of carbonyl (C=O) groups is 2. The number of amides is 2. The van der Waals surface area contributed by atoms with Gasteiger partial charge in [0.05, 0.1) is 10.7 Å². The topological polar surface area (TPSA) is 70.7 Å². The summed E-state index contributed by atoms with van der Waals surface area (Å²) in [5.41, 5.74) is 2.41. The smallest absolute Gasteiger partial charge is 0.258 e. The van der Waals surface area contributed by atoms with Gasteiger partial charge in [-0.25, -0.2) is 0 Å². The number of nitrogens with one attached hydrogen (secondary N) is 2. The molecule has 0 aliphatic carbocycles. The lowest BCUT2D eigenvalue weighted by Crippen LogP contribution is -2.34. The van der Waals surface area contributed by atoms with E-state index in [1.54, 1.807) is 54.5 Å². The molecule has 0 saturated heterocycles. The van der Waals surface area contributed by atoms with Crippen LogP contribution in [-0.2, 0) is 0 Å². The molecule has 0 aliphatic rings. The third-order valence-corrected chi connectivity index (χ3v) is 5.68. The molecule has 0 aromatic heterocycles. The number of rotatable bonds is 6. The molecule has 0 bridgehead atoms. The highest BCUT2D eigenvalue weighted by atomic mass is 127. The Kier molecular flexibility index (Phi) is 8.18. The minimum absolute atomic E-state index is 0.120. The van der Waals surface area contributed by atoms with E-state index in [9.17, 15) is 9.59 Å². The molecule has 3 aromatic carbocycles. The second-order valence-electron chi connectivity index (χ2n) is 6.72. The van der Waals surface area contributed by atoms with Crippen molar-refractivity contribution < 1.29 is 14.3 Å². The fraction of sp³-hybridized carbons (Fsp3) is 0.125. The zero-order valence-electron chi connectivity index (χ0n) is 17.6. The van der Waals surface area contributed by atoms with E-state index in [0.29, 0.717) is 29.1 Å². The van der Waals surface area contributed by atoms with Crippen LogP contribution in [0.15, 0.2) is 72.8 Å². The number of hydrogen-bond donors (Lipinski definition) is 2. The van der Waals surface area contributed by atoms with Crippen molar-refractivity contribution in [1.29, 1.82) is 0 Å². The van der Waals surface area contributed by atoms with E-state index in [4.69, 9.17) is 17.0 Å². The van der Waals surface area contributed by atoms with Gasteiger partial charge in [-0.05, 0) is 90.3 Å². The van der Waals surface area contributed by atoms with Crippen molar-refractivity contribution in [3.05, 3.63) is 87.5 Å². The second-order valence-corrected chi connectivity index (χ2v) is 8.29. The lowest BCUT2D eigenvalue weighted by atomic mass is 10.1. The summed E-state index contributed by atoms with van der Waals surface area (Å²) in [4.78, 5) is 27.3. The van der Waals surface area contributed by atoms with Crippen molar-refractivity contribution in [2.75, 3.05) is 23.9 Å². The number of methoxy groups -OCH3 is 1. The number of anilines is 2. The average molecular weight is 559 g/mol. The summed E-state index contributed by atoms with van der Waals surface area (Å²) >= 11 is 7.39. The Balaban J connectivity index is 1.68. The lowest BCUT2D eigenvalue weighted by molar-refractivity contribution is 0.0973. The van der Waals surface area contributed by atoms with Gasteiger partial charge < -0.3 is 15.0 Å². The fourth-order valence-corrected chi connectivity index (χ4v) is 4.03. The summed E-state index contributed by atoms with van der Waals surface area (Å²) in [6.45, 7) is 2.47. The number of thiocarbonyl (C=S) groups is 1. The van der Waals surface area contributed by atoms with Crippen LogP contribution in [0.4, 0.5) is 11.4 Å². The molecular formula is C24H22IN3O3S. The average Bonchev–Trinajstić information content (AvgIpc) is 2.80. The molecule has 8 heteroatoms. The number of para-hydroxylation sites is 1. The van der Waals surface area contributed by atoms with Crippen molar-refractivity contribution >= 4 is 63.1 Å². The summed E-state index contributed by atoms with van der Waals surface area (Å²) in [6.07, 6.45) is 0. The van der Waals surface area contributed by atoms with E-state index in [1.165, 1.54) is 0 Å². The number of carbonyl (C=O) groups excluding carboxylic acids is 2. The van der Waals surface area contributed by atoms with Gasteiger partial charge in [-0.15, -0.1) is 0 Å². The SMILES string of the molecule is CCN(C(=O)c1cccc(NC(=S)NC(=O)c2ccc(OC)c(I)c2)c1)c1ccccc1. The lowest BCUT2D eigenvalue weighted by Gasteiger charge is -2.21. The highest BCUT2D eigenvalue weighted by Crippen LogP contribution is 2.22. The molecule has 0 fully saturated rings. The molecule has 2 amide bonds. The Hall–Kier alpha value is -2.98. The van der Waals surface area contributed by atoms with Crippen LogP contribution in [0.1, 0.15) is 27.6 Å². The molecule has 0 aliphatic heterocycles. The number of ether oxygens (including phenoxy) is 1. The largest absolute Gasteiger partial charge is 0.496 e. The minimum atomic E-state index is -0.337. The van der Waals surface area contributed by atoms with Gasteiger partial charge in [0.1, 0.15) is 5.75 Å². The van der Waals surface area contributed by atoms with E-state index in [1.807, 2.05) is 37.3 Å². The zero-order valence-corrected chi connectivity index (χ0v) is 20.6. The van der Waals surface area contributed by atoms with Gasteiger partial charge in [0, 0.05) is 29.0 Å². The molecule has 6 nitrogen and oxygen atoms in total. The van der Waals surface area contributed by atoms with Gasteiger partial charge in [-0.3, -0.25) is 14.9 Å². The first-order chi connectivity index (χ1) is 15.4. The van der Waals surface area contributed by atoms with Crippen molar-refractivity contribution in [2.24, 2.45) is 0 Å². The molecule has 3 rings (SSSR count). The van der Waals surface area contributed by atoms with Crippen LogP contribution in [0.2, 0.25) is 0 Å². The van der Waals surface area contributed by atoms with Gasteiger partial charge in [-0.2, -0.15) is 0 Å². The molecule has 0 radical (unpaired) electrons. The summed E-state index contributed by atoms with van der Waals surface area (Å²) in [5.74, 6) is 0.239. The van der Waals surface area contributed by atoms with Crippen LogP contribution in [0.3, 0.4) is 0 Å². The maximum atomic E-state index is 13.0. The third-order valence-electron chi connectivity index (χ3n) is 4.64. The number of hydrogen-bond acceptors (Lipinski definition) is 4. The first-order valence-electron chi connectivity index (χ1n) is 9.85. The molecule has 32 heavy (non-hydrogen) atoms. The van der Waals surface area contributed by atoms with E-state index in [2.05, 4.69) is 33.2 Å². The van der Waals surface area contributed by atoms with Gasteiger partial charge in [-0.1, -0.05) is 24.3 Å². The van der Waals surface area contributed by atoms with E-state index >= 15 is 0 Å². The Labute approximate surface area is 206 Å². The monoisotopic (exact) mass is 559 g/mol. The normalized spacial score (nSPS) is 10.2. The molecule has 3 aromatic rings. The quantitative estimate of drug-likeness (QED) is 0.325.